The Morgan fingerprint density at radius 2 is 1.78 bits per heavy atom. The highest BCUT2D eigenvalue weighted by molar-refractivity contribution is 7.98. The fourth-order valence-corrected chi connectivity index (χ4v) is 2.98. The molecule has 0 fully saturated rings. The van der Waals surface area contributed by atoms with E-state index in [4.69, 9.17) is 0 Å². The van der Waals surface area contributed by atoms with Crippen LogP contribution in [-0.2, 0) is 11.2 Å². The van der Waals surface area contributed by atoms with Gasteiger partial charge in [0.15, 0.2) is 0 Å². The molecule has 0 heterocycles. The smallest absolute Gasteiger partial charge is 0.231 e. The van der Waals surface area contributed by atoms with E-state index >= 15 is 0 Å². The Bertz CT molecular complexity index is 649. The molecule has 0 spiro atoms. The lowest BCUT2D eigenvalue weighted by Gasteiger charge is -2.14. The summed E-state index contributed by atoms with van der Waals surface area (Å²) < 4.78 is 0. The molecule has 2 nitrogen and oxygen atoms in total. The van der Waals surface area contributed by atoms with Crippen LogP contribution in [0.3, 0.4) is 0 Å². The van der Waals surface area contributed by atoms with Crippen molar-refractivity contribution in [1.29, 1.82) is 0 Å². The summed E-state index contributed by atoms with van der Waals surface area (Å²) in [7, 11) is 0. The second kappa shape index (κ2) is 8.21. The van der Waals surface area contributed by atoms with E-state index in [9.17, 15) is 4.79 Å². The first kappa shape index (κ1) is 17.6. The zero-order valence-electron chi connectivity index (χ0n) is 14.3. The van der Waals surface area contributed by atoms with Crippen molar-refractivity contribution in [3.8, 4) is 0 Å². The molecule has 2 aromatic rings. The standard InChI is InChI=1S/C20H25NOS/c1-14(2)12-16-8-10-17(11-9-16)15(3)20(22)21-18-6-5-7-19(13-18)23-4/h5-11,13-15H,12H2,1-4H3,(H,21,22)/t15-/m0/s1. The van der Waals surface area contributed by atoms with Crippen LogP contribution in [0.4, 0.5) is 5.69 Å². The Morgan fingerprint density at radius 3 is 2.39 bits per heavy atom. The fraction of sp³-hybridized carbons (Fsp3) is 0.350. The topological polar surface area (TPSA) is 29.1 Å². The number of benzene rings is 2. The van der Waals surface area contributed by atoms with Crippen LogP contribution in [0.1, 0.15) is 37.8 Å². The number of anilines is 1. The van der Waals surface area contributed by atoms with Crippen LogP contribution >= 0.6 is 11.8 Å². The largest absolute Gasteiger partial charge is 0.326 e. The van der Waals surface area contributed by atoms with Crippen LogP contribution in [-0.4, -0.2) is 12.2 Å². The summed E-state index contributed by atoms with van der Waals surface area (Å²) in [5.74, 6) is 0.506. The summed E-state index contributed by atoms with van der Waals surface area (Å²) in [5.41, 5.74) is 3.23. The maximum absolute atomic E-state index is 12.5. The highest BCUT2D eigenvalue weighted by Crippen LogP contribution is 2.22. The predicted octanol–water partition coefficient (Wildman–Crippen LogP) is 5.35. The van der Waals surface area contributed by atoms with E-state index in [0.29, 0.717) is 5.92 Å². The van der Waals surface area contributed by atoms with Crippen molar-refractivity contribution >= 4 is 23.4 Å². The van der Waals surface area contributed by atoms with Gasteiger partial charge in [-0.25, -0.2) is 0 Å². The molecule has 0 saturated carbocycles. The quantitative estimate of drug-likeness (QED) is 0.725. The molecule has 23 heavy (non-hydrogen) atoms. The molecule has 1 amide bonds. The van der Waals surface area contributed by atoms with Crippen LogP contribution in [0, 0.1) is 5.92 Å². The van der Waals surface area contributed by atoms with Crippen molar-refractivity contribution < 1.29 is 4.79 Å². The van der Waals surface area contributed by atoms with E-state index < -0.39 is 0 Å². The van der Waals surface area contributed by atoms with Crippen molar-refractivity contribution in [2.75, 3.05) is 11.6 Å². The molecular formula is C20H25NOS. The van der Waals surface area contributed by atoms with Gasteiger partial charge in [0.25, 0.3) is 0 Å². The first-order valence-electron chi connectivity index (χ1n) is 8.03. The van der Waals surface area contributed by atoms with Crippen LogP contribution in [0.25, 0.3) is 0 Å². The van der Waals surface area contributed by atoms with Gasteiger partial charge in [-0.05, 0) is 54.8 Å². The molecule has 0 saturated heterocycles. The summed E-state index contributed by atoms with van der Waals surface area (Å²) in [4.78, 5) is 13.6. The van der Waals surface area contributed by atoms with Gasteiger partial charge in [0.1, 0.15) is 0 Å². The number of amides is 1. The highest BCUT2D eigenvalue weighted by atomic mass is 32.2. The number of hydrogen-bond acceptors (Lipinski definition) is 2. The van der Waals surface area contributed by atoms with E-state index in [1.165, 1.54) is 5.56 Å². The molecule has 3 heteroatoms. The van der Waals surface area contributed by atoms with Crippen LogP contribution < -0.4 is 5.32 Å². The van der Waals surface area contributed by atoms with Gasteiger partial charge >= 0.3 is 0 Å². The molecule has 0 aliphatic rings. The van der Waals surface area contributed by atoms with Gasteiger partial charge in [-0.15, -0.1) is 11.8 Å². The number of nitrogens with one attached hydrogen (secondary N) is 1. The molecule has 1 atom stereocenters. The highest BCUT2D eigenvalue weighted by Gasteiger charge is 2.15. The zero-order valence-corrected chi connectivity index (χ0v) is 15.1. The van der Waals surface area contributed by atoms with E-state index in [2.05, 4.69) is 43.4 Å². The molecule has 2 aromatic carbocycles. The Hall–Kier alpha value is -1.74. The van der Waals surface area contributed by atoms with Gasteiger partial charge in [0.2, 0.25) is 5.91 Å². The second-order valence-electron chi connectivity index (χ2n) is 6.28. The SMILES string of the molecule is CSc1cccc(NC(=O)[C@@H](C)c2ccc(CC(C)C)cc2)c1. The number of hydrogen-bond donors (Lipinski definition) is 1. The third-order valence-electron chi connectivity index (χ3n) is 3.85. The molecule has 2 rings (SSSR count). The summed E-state index contributed by atoms with van der Waals surface area (Å²) >= 11 is 1.67. The molecule has 0 bridgehead atoms. The number of carbonyl (C=O) groups is 1. The van der Waals surface area contributed by atoms with Gasteiger partial charge in [-0.2, -0.15) is 0 Å². The molecule has 0 aliphatic carbocycles. The van der Waals surface area contributed by atoms with Gasteiger partial charge in [-0.1, -0.05) is 44.2 Å². The maximum Gasteiger partial charge on any atom is 0.231 e. The summed E-state index contributed by atoms with van der Waals surface area (Å²) in [5, 5.41) is 3.01. The van der Waals surface area contributed by atoms with E-state index in [0.717, 1.165) is 22.6 Å². The van der Waals surface area contributed by atoms with Gasteiger partial charge in [0.05, 0.1) is 5.92 Å². The number of carbonyl (C=O) groups excluding carboxylic acids is 1. The lowest BCUT2D eigenvalue weighted by Crippen LogP contribution is -2.18. The predicted molar refractivity (Wildman–Crippen MR) is 100 cm³/mol. The average Bonchev–Trinajstić information content (AvgIpc) is 2.54. The Morgan fingerprint density at radius 1 is 1.09 bits per heavy atom. The van der Waals surface area contributed by atoms with Crippen molar-refractivity contribution in [2.45, 2.75) is 38.0 Å². The zero-order chi connectivity index (χ0) is 16.8. The molecule has 0 aromatic heterocycles. The van der Waals surface area contributed by atoms with Crippen LogP contribution in [0.15, 0.2) is 53.4 Å². The molecule has 1 N–H and O–H groups in total. The minimum absolute atomic E-state index is 0.0277. The van der Waals surface area contributed by atoms with E-state index in [1.807, 2.05) is 37.4 Å². The first-order valence-corrected chi connectivity index (χ1v) is 9.26. The van der Waals surface area contributed by atoms with E-state index in [1.54, 1.807) is 11.8 Å². The Labute approximate surface area is 143 Å². The summed E-state index contributed by atoms with van der Waals surface area (Å²) in [6.07, 6.45) is 3.10. The van der Waals surface area contributed by atoms with Crippen molar-refractivity contribution in [3.63, 3.8) is 0 Å². The maximum atomic E-state index is 12.5. The number of thioether (sulfide) groups is 1. The fourth-order valence-electron chi connectivity index (χ4n) is 2.52. The average molecular weight is 327 g/mol. The van der Waals surface area contributed by atoms with E-state index in [-0.39, 0.29) is 11.8 Å². The second-order valence-corrected chi connectivity index (χ2v) is 7.16. The summed E-state index contributed by atoms with van der Waals surface area (Å²) in [6, 6.07) is 16.3. The number of rotatable bonds is 6. The molecular weight excluding hydrogens is 302 g/mol. The minimum atomic E-state index is -0.166. The van der Waals surface area contributed by atoms with Crippen molar-refractivity contribution in [2.24, 2.45) is 5.92 Å². The van der Waals surface area contributed by atoms with Crippen molar-refractivity contribution in [3.05, 3.63) is 59.7 Å². The van der Waals surface area contributed by atoms with Gasteiger partial charge in [-0.3, -0.25) is 4.79 Å². The molecule has 122 valence electrons. The molecule has 0 radical (unpaired) electrons. The normalized spacial score (nSPS) is 12.2. The van der Waals surface area contributed by atoms with Crippen LogP contribution in [0.5, 0.6) is 0 Å². The Kier molecular flexibility index (Phi) is 6.28. The minimum Gasteiger partial charge on any atom is -0.326 e. The molecule has 0 unspecified atom stereocenters. The lowest BCUT2D eigenvalue weighted by atomic mass is 9.96. The first-order chi connectivity index (χ1) is 11.0. The van der Waals surface area contributed by atoms with Crippen LogP contribution in [0.2, 0.25) is 0 Å². The monoisotopic (exact) mass is 327 g/mol. The molecule has 0 aliphatic heterocycles. The lowest BCUT2D eigenvalue weighted by molar-refractivity contribution is -0.117. The van der Waals surface area contributed by atoms with Gasteiger partial charge in [0, 0.05) is 10.6 Å². The third-order valence-corrected chi connectivity index (χ3v) is 4.58. The van der Waals surface area contributed by atoms with Gasteiger partial charge < -0.3 is 5.32 Å². The summed E-state index contributed by atoms with van der Waals surface area (Å²) in [6.45, 7) is 6.38. The Balaban J connectivity index is 2.03. The van der Waals surface area contributed by atoms with Crippen molar-refractivity contribution in [1.82, 2.24) is 0 Å². The third kappa shape index (κ3) is 5.14.